The van der Waals surface area contributed by atoms with Crippen LogP contribution in [0.5, 0.6) is 5.75 Å². The predicted octanol–water partition coefficient (Wildman–Crippen LogP) is 6.24. The summed E-state index contributed by atoms with van der Waals surface area (Å²) in [7, 11) is 1.58. The van der Waals surface area contributed by atoms with E-state index in [1.807, 2.05) is 27.7 Å². The second-order valence-electron chi connectivity index (χ2n) is 11.3. The minimum absolute atomic E-state index is 0.0607. The molecule has 0 heterocycles. The highest BCUT2D eigenvalue weighted by Gasteiger charge is 2.31. The lowest BCUT2D eigenvalue weighted by atomic mass is 9.86. The maximum atomic E-state index is 14.1. The summed E-state index contributed by atoms with van der Waals surface area (Å²) in [4.78, 5) is 16.3. The Hall–Kier alpha value is -3.44. The van der Waals surface area contributed by atoms with Crippen molar-refractivity contribution in [2.75, 3.05) is 38.8 Å². The lowest BCUT2D eigenvalue weighted by Gasteiger charge is -2.30. The standard InChI is InChI=1S/C32H47F2N5O5/c1-6-22(4)28(18-36-25-11-9-24(33)10-12-25)37-32(41)26(21(2)3)17-30(40)29(38-39-35)20-43-19-23-8-13-27(34)31(16-23)44-15-7-14-42-5/h8-13,16,21-22,26,28-30,36,40H,6-7,14-15,17-20H2,1-5H3,(H,37,41)/t22-,26-,28+,29-,30-/m0/s1. The van der Waals surface area contributed by atoms with E-state index in [2.05, 4.69) is 20.7 Å². The molecule has 1 amide bonds. The van der Waals surface area contributed by atoms with Crippen LogP contribution >= 0.6 is 0 Å². The van der Waals surface area contributed by atoms with Gasteiger partial charge in [-0.1, -0.05) is 45.3 Å². The molecule has 0 spiro atoms. The van der Waals surface area contributed by atoms with Crippen molar-refractivity contribution < 1.29 is 32.9 Å². The molecule has 0 aliphatic carbocycles. The summed E-state index contributed by atoms with van der Waals surface area (Å²) in [5, 5.41) is 21.2. The zero-order valence-electron chi connectivity index (χ0n) is 26.3. The summed E-state index contributed by atoms with van der Waals surface area (Å²) < 4.78 is 43.6. The van der Waals surface area contributed by atoms with E-state index in [-0.39, 0.29) is 55.0 Å². The molecule has 0 bridgehead atoms. The van der Waals surface area contributed by atoms with Crippen LogP contribution in [0, 0.1) is 29.4 Å². The van der Waals surface area contributed by atoms with Gasteiger partial charge in [0.25, 0.3) is 0 Å². The smallest absolute Gasteiger partial charge is 0.223 e. The maximum Gasteiger partial charge on any atom is 0.223 e. The van der Waals surface area contributed by atoms with Crippen LogP contribution in [-0.2, 0) is 20.9 Å². The number of hydrogen-bond donors (Lipinski definition) is 3. The summed E-state index contributed by atoms with van der Waals surface area (Å²) in [6.45, 7) is 9.09. The Kier molecular flexibility index (Phi) is 16.5. The third kappa shape index (κ3) is 12.7. The van der Waals surface area contributed by atoms with E-state index < -0.39 is 23.9 Å². The molecule has 0 aliphatic rings. The average Bonchev–Trinajstić information content (AvgIpc) is 3.00. The molecule has 0 unspecified atom stereocenters. The van der Waals surface area contributed by atoms with Crippen molar-refractivity contribution >= 4 is 11.6 Å². The van der Waals surface area contributed by atoms with Crippen LogP contribution in [0.25, 0.3) is 10.4 Å². The zero-order valence-corrected chi connectivity index (χ0v) is 26.3. The van der Waals surface area contributed by atoms with Gasteiger partial charge < -0.3 is 30.0 Å². The van der Waals surface area contributed by atoms with Gasteiger partial charge in [-0.3, -0.25) is 4.79 Å². The molecule has 2 aromatic rings. The van der Waals surface area contributed by atoms with Crippen molar-refractivity contribution in [3.8, 4) is 5.75 Å². The van der Waals surface area contributed by atoms with Crippen molar-refractivity contribution in [1.29, 1.82) is 0 Å². The van der Waals surface area contributed by atoms with Crippen molar-refractivity contribution in [3.63, 3.8) is 0 Å². The molecule has 2 aromatic carbocycles. The third-order valence-corrected chi connectivity index (χ3v) is 7.61. The summed E-state index contributed by atoms with van der Waals surface area (Å²) in [6.07, 6.45) is 0.363. The van der Waals surface area contributed by atoms with Crippen LogP contribution in [0.3, 0.4) is 0 Å². The number of halogens is 2. The first-order chi connectivity index (χ1) is 21.1. The van der Waals surface area contributed by atoms with Gasteiger partial charge in [0.2, 0.25) is 5.91 Å². The van der Waals surface area contributed by atoms with E-state index in [0.29, 0.717) is 31.7 Å². The molecule has 0 saturated heterocycles. The van der Waals surface area contributed by atoms with Gasteiger partial charge in [0.15, 0.2) is 11.6 Å². The van der Waals surface area contributed by atoms with Gasteiger partial charge in [-0.15, -0.1) is 0 Å². The Labute approximate surface area is 259 Å². The molecule has 2 rings (SSSR count). The maximum absolute atomic E-state index is 14.1. The number of carbonyl (C=O) groups excluding carboxylic acids is 1. The van der Waals surface area contributed by atoms with Crippen molar-refractivity contribution in [2.24, 2.45) is 22.9 Å². The number of nitrogens with one attached hydrogen (secondary N) is 2. The number of ether oxygens (including phenoxy) is 3. The minimum Gasteiger partial charge on any atom is -0.490 e. The Bertz CT molecular complexity index is 1180. The van der Waals surface area contributed by atoms with E-state index in [9.17, 15) is 18.7 Å². The fourth-order valence-corrected chi connectivity index (χ4v) is 4.58. The molecule has 0 radical (unpaired) electrons. The van der Waals surface area contributed by atoms with Gasteiger partial charge in [-0.2, -0.15) is 0 Å². The number of carbonyl (C=O) groups is 1. The van der Waals surface area contributed by atoms with Crippen LogP contribution in [0.2, 0.25) is 0 Å². The lowest BCUT2D eigenvalue weighted by Crippen LogP contribution is -2.48. The highest BCUT2D eigenvalue weighted by atomic mass is 19.1. The van der Waals surface area contributed by atoms with Gasteiger partial charge in [-0.05, 0) is 65.7 Å². The molecule has 3 N–H and O–H groups in total. The first-order valence-corrected chi connectivity index (χ1v) is 15.1. The van der Waals surface area contributed by atoms with E-state index >= 15 is 0 Å². The number of azide groups is 1. The lowest BCUT2D eigenvalue weighted by molar-refractivity contribution is -0.128. The molecule has 0 aliphatic heterocycles. The predicted molar refractivity (Wildman–Crippen MR) is 166 cm³/mol. The van der Waals surface area contributed by atoms with Gasteiger partial charge in [0, 0.05) is 49.2 Å². The monoisotopic (exact) mass is 619 g/mol. The van der Waals surface area contributed by atoms with Crippen molar-refractivity contribution in [3.05, 3.63) is 70.1 Å². The Balaban J connectivity index is 2.00. The Morgan fingerprint density at radius 1 is 1.11 bits per heavy atom. The van der Waals surface area contributed by atoms with Gasteiger partial charge in [0.05, 0.1) is 32.0 Å². The molecule has 0 fully saturated rings. The number of anilines is 1. The highest BCUT2D eigenvalue weighted by molar-refractivity contribution is 5.79. The molecule has 0 saturated carbocycles. The van der Waals surface area contributed by atoms with Crippen LogP contribution < -0.4 is 15.4 Å². The number of amides is 1. The van der Waals surface area contributed by atoms with Crippen molar-refractivity contribution in [2.45, 2.75) is 71.8 Å². The summed E-state index contributed by atoms with van der Waals surface area (Å²) in [5.41, 5.74) is 10.5. The number of aliphatic hydroxyl groups is 1. The Morgan fingerprint density at radius 3 is 2.48 bits per heavy atom. The molecule has 5 atom stereocenters. The first-order valence-electron chi connectivity index (χ1n) is 15.1. The van der Waals surface area contributed by atoms with E-state index in [1.54, 1.807) is 31.4 Å². The minimum atomic E-state index is -1.14. The fourth-order valence-electron chi connectivity index (χ4n) is 4.58. The molecule has 244 valence electrons. The highest BCUT2D eigenvalue weighted by Crippen LogP contribution is 2.23. The SMILES string of the molecule is CC[C@H](C)[C@@H](CNc1ccc(F)cc1)NC(=O)[C@@H](C[C@H](O)[C@H](COCc1ccc(F)c(OCCCOC)c1)N=[N+]=[N-])C(C)C. The second-order valence-corrected chi connectivity index (χ2v) is 11.3. The molecule has 0 aromatic heterocycles. The van der Waals surface area contributed by atoms with Gasteiger partial charge in [-0.25, -0.2) is 8.78 Å². The largest absolute Gasteiger partial charge is 0.490 e. The number of benzene rings is 2. The number of aliphatic hydroxyl groups excluding tert-OH is 1. The quantitative estimate of drug-likeness (QED) is 0.0655. The number of nitrogens with zero attached hydrogens (tertiary/aromatic N) is 3. The molecule has 10 nitrogen and oxygen atoms in total. The average molecular weight is 620 g/mol. The van der Waals surface area contributed by atoms with E-state index in [1.165, 1.54) is 18.2 Å². The number of hydrogen-bond acceptors (Lipinski definition) is 7. The van der Waals surface area contributed by atoms with Crippen LogP contribution in [0.4, 0.5) is 14.5 Å². The molecular weight excluding hydrogens is 572 g/mol. The van der Waals surface area contributed by atoms with E-state index in [0.717, 1.165) is 12.1 Å². The van der Waals surface area contributed by atoms with Gasteiger partial charge >= 0.3 is 0 Å². The number of methoxy groups -OCH3 is 1. The van der Waals surface area contributed by atoms with Crippen LogP contribution in [-0.4, -0.2) is 62.7 Å². The number of rotatable bonds is 21. The molecule has 44 heavy (non-hydrogen) atoms. The molecular formula is C32H47F2N5O5. The first kappa shape index (κ1) is 36.8. The topological polar surface area (TPSA) is 138 Å². The van der Waals surface area contributed by atoms with E-state index in [4.69, 9.17) is 19.7 Å². The normalized spacial score (nSPS) is 14.7. The Morgan fingerprint density at radius 2 is 1.84 bits per heavy atom. The summed E-state index contributed by atoms with van der Waals surface area (Å²) in [5.74, 6) is -1.45. The van der Waals surface area contributed by atoms with Crippen LogP contribution in [0.1, 0.15) is 52.5 Å². The second kappa shape index (κ2) is 19.8. The summed E-state index contributed by atoms with van der Waals surface area (Å²) in [6, 6.07) is 9.27. The summed E-state index contributed by atoms with van der Waals surface area (Å²) >= 11 is 0. The van der Waals surface area contributed by atoms with Crippen molar-refractivity contribution in [1.82, 2.24) is 5.32 Å². The van der Waals surface area contributed by atoms with Crippen LogP contribution in [0.15, 0.2) is 47.6 Å². The molecule has 12 heteroatoms. The van der Waals surface area contributed by atoms with Gasteiger partial charge in [0.1, 0.15) is 5.82 Å². The fraction of sp³-hybridized carbons (Fsp3) is 0.594. The third-order valence-electron chi connectivity index (χ3n) is 7.61. The zero-order chi connectivity index (χ0) is 32.5.